The van der Waals surface area contributed by atoms with Crippen molar-refractivity contribution in [2.75, 3.05) is 5.75 Å². The maximum Gasteiger partial charge on any atom is 0.323 e. The number of halogens is 1. The lowest BCUT2D eigenvalue weighted by Crippen LogP contribution is -2.09. The summed E-state index contributed by atoms with van der Waals surface area (Å²) in [4.78, 5) is 10.7. The Kier molecular flexibility index (Phi) is 3.60. The third-order valence-electron chi connectivity index (χ3n) is 1.15. The summed E-state index contributed by atoms with van der Waals surface area (Å²) < 4.78 is 16.3. The van der Waals surface area contributed by atoms with Gasteiger partial charge < -0.3 is 4.74 Å². The highest BCUT2D eigenvalue weighted by atomic mass is 32.2. The number of benzene rings is 1. The molecule has 1 rings (SSSR count). The Bertz CT molecular complexity index is 250. The fraction of sp³-hybridized carbons (Fsp3) is 0.125. The van der Waals surface area contributed by atoms with Crippen LogP contribution < -0.4 is 4.74 Å². The Balaban J connectivity index is 2.47. The van der Waals surface area contributed by atoms with Crippen LogP contribution in [0.1, 0.15) is 0 Å². The van der Waals surface area contributed by atoms with Crippen molar-refractivity contribution in [2.45, 2.75) is 0 Å². The maximum atomic E-state index is 11.6. The lowest BCUT2D eigenvalue weighted by atomic mass is 10.3. The van der Waals surface area contributed by atoms with Gasteiger partial charge in [-0.15, -0.1) is 0 Å². The molecule has 0 amide bonds. The van der Waals surface area contributed by atoms with Crippen molar-refractivity contribution in [3.05, 3.63) is 30.3 Å². The van der Waals surface area contributed by atoms with Crippen molar-refractivity contribution < 1.29 is 13.4 Å². The van der Waals surface area contributed by atoms with Crippen LogP contribution >= 0.6 is 12.1 Å². The zero-order valence-corrected chi connectivity index (χ0v) is 7.01. The summed E-state index contributed by atoms with van der Waals surface area (Å²) in [5.41, 5.74) is 0. The van der Waals surface area contributed by atoms with Gasteiger partial charge in [-0.05, 0) is 12.1 Å². The molecule has 4 heteroatoms. The van der Waals surface area contributed by atoms with Gasteiger partial charge in [-0.25, -0.2) is 0 Å². The Morgan fingerprint density at radius 3 is 2.67 bits per heavy atom. The minimum Gasteiger partial charge on any atom is -0.426 e. The molecule has 2 nitrogen and oxygen atoms in total. The van der Waals surface area contributed by atoms with E-state index in [4.69, 9.17) is 4.74 Å². The molecule has 0 atom stereocenters. The Hall–Kier alpha value is -1.03. The van der Waals surface area contributed by atoms with Gasteiger partial charge in [-0.2, -0.15) is 3.89 Å². The minimum atomic E-state index is -0.575. The number of carbonyl (C=O) groups excluding carboxylic acids is 1. The highest BCUT2D eigenvalue weighted by molar-refractivity contribution is 7.94. The van der Waals surface area contributed by atoms with Gasteiger partial charge in [0.1, 0.15) is 11.5 Å². The van der Waals surface area contributed by atoms with Crippen LogP contribution in [0.2, 0.25) is 0 Å². The van der Waals surface area contributed by atoms with Gasteiger partial charge in [0, 0.05) is 0 Å². The monoisotopic (exact) mass is 186 g/mol. The molecule has 1 aromatic rings. The second-order valence-electron chi connectivity index (χ2n) is 2.04. The predicted molar refractivity (Wildman–Crippen MR) is 45.6 cm³/mol. The average molecular weight is 186 g/mol. The molecule has 0 aliphatic heterocycles. The van der Waals surface area contributed by atoms with Crippen LogP contribution in [0.3, 0.4) is 0 Å². The molecule has 0 aliphatic carbocycles. The Labute approximate surface area is 74.0 Å². The summed E-state index contributed by atoms with van der Waals surface area (Å²) in [5.74, 6) is -0.403. The first-order valence-corrected chi connectivity index (χ1v) is 4.21. The molecular formula is C8H7FO2S. The molecule has 0 unspecified atom stereocenters. The molecule has 0 bridgehead atoms. The first kappa shape index (κ1) is 9.06. The van der Waals surface area contributed by atoms with E-state index in [-0.39, 0.29) is 17.9 Å². The van der Waals surface area contributed by atoms with E-state index in [0.717, 1.165) is 0 Å². The Morgan fingerprint density at radius 1 is 1.42 bits per heavy atom. The van der Waals surface area contributed by atoms with E-state index in [9.17, 15) is 8.68 Å². The Morgan fingerprint density at radius 2 is 2.08 bits per heavy atom. The number of rotatable bonds is 3. The normalized spacial score (nSPS) is 9.42. The zero-order valence-electron chi connectivity index (χ0n) is 6.20. The van der Waals surface area contributed by atoms with Crippen molar-refractivity contribution >= 4 is 18.1 Å². The van der Waals surface area contributed by atoms with Crippen LogP contribution in [-0.2, 0) is 4.79 Å². The van der Waals surface area contributed by atoms with Crippen molar-refractivity contribution in [1.82, 2.24) is 0 Å². The first-order chi connectivity index (χ1) is 5.83. The number of hydrogen-bond acceptors (Lipinski definition) is 3. The van der Waals surface area contributed by atoms with Gasteiger partial charge in [0.05, 0.1) is 12.1 Å². The molecule has 0 radical (unpaired) electrons. The molecule has 0 spiro atoms. The predicted octanol–water partition coefficient (Wildman–Crippen LogP) is 2.21. The smallest absolute Gasteiger partial charge is 0.323 e. The highest BCUT2D eigenvalue weighted by Gasteiger charge is 2.03. The number of hydrogen-bond donors (Lipinski definition) is 0. The second-order valence-corrected chi connectivity index (χ2v) is 2.55. The molecule has 0 saturated heterocycles. The van der Waals surface area contributed by atoms with Crippen molar-refractivity contribution in [3.8, 4) is 5.75 Å². The van der Waals surface area contributed by atoms with Gasteiger partial charge in [0.15, 0.2) is 0 Å². The van der Waals surface area contributed by atoms with E-state index < -0.39 is 5.97 Å². The number of para-hydroxylation sites is 1. The van der Waals surface area contributed by atoms with E-state index in [1.165, 1.54) is 0 Å². The van der Waals surface area contributed by atoms with Gasteiger partial charge in [-0.1, -0.05) is 18.2 Å². The third kappa shape index (κ3) is 2.92. The molecule has 0 aliphatic rings. The first-order valence-electron chi connectivity index (χ1n) is 3.32. The second kappa shape index (κ2) is 4.77. The lowest BCUT2D eigenvalue weighted by Gasteiger charge is -2.00. The molecule has 1 aromatic carbocycles. The van der Waals surface area contributed by atoms with E-state index in [1.54, 1.807) is 30.3 Å². The molecule has 0 fully saturated rings. The zero-order chi connectivity index (χ0) is 8.81. The van der Waals surface area contributed by atoms with E-state index in [0.29, 0.717) is 5.75 Å². The summed E-state index contributed by atoms with van der Waals surface area (Å²) in [6.07, 6.45) is 0. The van der Waals surface area contributed by atoms with E-state index in [2.05, 4.69) is 0 Å². The fourth-order valence-electron chi connectivity index (χ4n) is 0.694. The highest BCUT2D eigenvalue weighted by Crippen LogP contribution is 2.10. The summed E-state index contributed by atoms with van der Waals surface area (Å²) >= 11 is -0.0456. The third-order valence-corrected chi connectivity index (χ3v) is 1.49. The van der Waals surface area contributed by atoms with Crippen LogP contribution in [0, 0.1) is 0 Å². The minimum absolute atomic E-state index is 0.0456. The van der Waals surface area contributed by atoms with E-state index >= 15 is 0 Å². The maximum absolute atomic E-state index is 11.6. The molecule has 12 heavy (non-hydrogen) atoms. The van der Waals surface area contributed by atoms with Crippen molar-refractivity contribution in [1.29, 1.82) is 0 Å². The fourth-order valence-corrected chi connectivity index (χ4v) is 0.842. The van der Waals surface area contributed by atoms with Crippen LogP contribution in [-0.4, -0.2) is 11.7 Å². The SMILES string of the molecule is O=C(CSF)Oc1ccccc1. The summed E-state index contributed by atoms with van der Waals surface area (Å²) in [6, 6.07) is 8.57. The molecule has 64 valence electrons. The van der Waals surface area contributed by atoms with Crippen LogP contribution in [0.4, 0.5) is 3.89 Å². The lowest BCUT2D eigenvalue weighted by molar-refractivity contribution is -0.131. The van der Waals surface area contributed by atoms with Crippen molar-refractivity contribution in [2.24, 2.45) is 0 Å². The van der Waals surface area contributed by atoms with Gasteiger partial charge in [-0.3, -0.25) is 4.79 Å². The summed E-state index contributed by atoms with van der Waals surface area (Å²) in [6.45, 7) is 0. The molecule has 0 aromatic heterocycles. The molecular weight excluding hydrogens is 179 g/mol. The average Bonchev–Trinajstić information content (AvgIpc) is 2.06. The summed E-state index contributed by atoms with van der Waals surface area (Å²) in [5, 5.41) is 0. The van der Waals surface area contributed by atoms with Crippen LogP contribution in [0.25, 0.3) is 0 Å². The van der Waals surface area contributed by atoms with E-state index in [1.807, 2.05) is 0 Å². The number of carbonyl (C=O) groups is 1. The quantitative estimate of drug-likeness (QED) is 0.534. The van der Waals surface area contributed by atoms with Gasteiger partial charge in [0.2, 0.25) is 0 Å². The largest absolute Gasteiger partial charge is 0.426 e. The van der Waals surface area contributed by atoms with Crippen LogP contribution in [0.5, 0.6) is 5.75 Å². The van der Waals surface area contributed by atoms with Crippen LogP contribution in [0.15, 0.2) is 30.3 Å². The number of ether oxygens (including phenoxy) is 1. The standard InChI is InChI=1S/C8H7FO2S/c9-12-6-8(10)11-7-4-2-1-3-5-7/h1-5H,6H2. The van der Waals surface area contributed by atoms with Crippen molar-refractivity contribution in [3.63, 3.8) is 0 Å². The van der Waals surface area contributed by atoms with Gasteiger partial charge >= 0.3 is 5.97 Å². The molecule has 0 heterocycles. The molecule has 0 saturated carbocycles. The summed E-state index contributed by atoms with van der Waals surface area (Å²) in [7, 11) is 0. The molecule has 0 N–H and O–H groups in total. The van der Waals surface area contributed by atoms with Gasteiger partial charge in [0.25, 0.3) is 0 Å². The topological polar surface area (TPSA) is 26.3 Å². The number of esters is 1.